The van der Waals surface area contributed by atoms with E-state index in [0.717, 1.165) is 0 Å². The van der Waals surface area contributed by atoms with Crippen molar-refractivity contribution in [3.63, 3.8) is 0 Å². The number of aromatic nitrogens is 2. The maximum absolute atomic E-state index is 13.4. The average molecular weight is 567 g/mol. The lowest BCUT2D eigenvalue weighted by Gasteiger charge is -2.26. The predicted octanol–water partition coefficient (Wildman–Crippen LogP) is -3.42. The number of nitrogens with two attached hydrogens (primary N) is 5. The van der Waals surface area contributed by atoms with E-state index in [9.17, 15) is 24.3 Å². The maximum atomic E-state index is 13.4. The number of carboxylic acids is 1. The number of carbonyl (C=O) groups excluding carboxylic acids is 3. The van der Waals surface area contributed by atoms with Crippen molar-refractivity contribution in [2.45, 2.75) is 70.1 Å². The Balaban J connectivity index is 3.05. The number of rotatable bonds is 18. The van der Waals surface area contributed by atoms with Gasteiger partial charge in [0.05, 0.1) is 12.4 Å². The lowest BCUT2D eigenvalue weighted by Crippen LogP contribution is -2.58. The molecular formula is C23H42N12O5. The summed E-state index contributed by atoms with van der Waals surface area (Å²) >= 11 is 0. The molecule has 4 atom stereocenters. The molecule has 3 amide bonds. The van der Waals surface area contributed by atoms with Gasteiger partial charge in [-0.3, -0.25) is 24.4 Å². The molecule has 1 aromatic rings. The standard InChI is InChI=1S/C23H42N12O5/c1-12(2)17(21(39)40)35-19(37)15(6-4-8-31-23(27)28)33-20(38)16(9-13-10-29-11-32-13)34-18(36)14(24)5-3-7-30-22(25)26/h10-12,14-17H,3-9,24H2,1-2H3,(H,29,32)(H,33,38)(H,34,36)(H,35,37)(H,39,40)(H4,25,26,30)(H4,27,28,31). The zero-order chi connectivity index (χ0) is 30.2. The van der Waals surface area contributed by atoms with Crippen LogP contribution in [0.5, 0.6) is 0 Å². The Labute approximate surface area is 232 Å². The summed E-state index contributed by atoms with van der Waals surface area (Å²) in [4.78, 5) is 65.3. The number of imidazole rings is 1. The van der Waals surface area contributed by atoms with Crippen LogP contribution in [0.25, 0.3) is 0 Å². The summed E-state index contributed by atoms with van der Waals surface area (Å²) in [5.74, 6) is -3.82. The molecule has 0 aliphatic heterocycles. The summed E-state index contributed by atoms with van der Waals surface area (Å²) in [5, 5.41) is 17.2. The molecule has 17 nitrogen and oxygen atoms in total. The number of hydrogen-bond donors (Lipinski definition) is 10. The highest BCUT2D eigenvalue weighted by Crippen LogP contribution is 2.07. The number of H-pyrrole nitrogens is 1. The molecule has 0 fully saturated rings. The largest absolute Gasteiger partial charge is 0.480 e. The van der Waals surface area contributed by atoms with Crippen LogP contribution < -0.4 is 44.6 Å². The van der Waals surface area contributed by atoms with Gasteiger partial charge in [-0.2, -0.15) is 0 Å². The zero-order valence-corrected chi connectivity index (χ0v) is 22.8. The normalized spacial score (nSPS) is 13.8. The molecule has 0 saturated carbocycles. The van der Waals surface area contributed by atoms with E-state index in [2.05, 4.69) is 35.9 Å². The number of aliphatic imine (C=N–C) groups is 2. The minimum absolute atomic E-state index is 0.0182. The van der Waals surface area contributed by atoms with Gasteiger partial charge in [0.15, 0.2) is 11.9 Å². The van der Waals surface area contributed by atoms with Crippen LogP contribution in [0.4, 0.5) is 0 Å². The van der Waals surface area contributed by atoms with Crippen LogP contribution in [0.15, 0.2) is 22.5 Å². The van der Waals surface area contributed by atoms with Gasteiger partial charge in [0.1, 0.15) is 18.1 Å². The number of carbonyl (C=O) groups is 4. The van der Waals surface area contributed by atoms with Gasteiger partial charge < -0.3 is 54.7 Å². The van der Waals surface area contributed by atoms with E-state index >= 15 is 0 Å². The fourth-order valence-electron chi connectivity index (χ4n) is 3.57. The minimum Gasteiger partial charge on any atom is -0.480 e. The van der Waals surface area contributed by atoms with E-state index in [-0.39, 0.29) is 44.3 Å². The van der Waals surface area contributed by atoms with E-state index in [0.29, 0.717) is 18.5 Å². The number of carboxylic acid groups (broad SMARTS) is 1. The fourth-order valence-corrected chi connectivity index (χ4v) is 3.57. The van der Waals surface area contributed by atoms with Crippen molar-refractivity contribution in [2.75, 3.05) is 13.1 Å². The lowest BCUT2D eigenvalue weighted by atomic mass is 10.0. The van der Waals surface area contributed by atoms with Crippen LogP contribution in [0, 0.1) is 5.92 Å². The Kier molecular flexibility index (Phi) is 14.5. The Morgan fingerprint density at radius 1 is 0.900 bits per heavy atom. The van der Waals surface area contributed by atoms with Gasteiger partial charge in [-0.25, -0.2) is 9.78 Å². The van der Waals surface area contributed by atoms with Crippen LogP contribution in [0.2, 0.25) is 0 Å². The van der Waals surface area contributed by atoms with Crippen molar-refractivity contribution < 1.29 is 24.3 Å². The highest BCUT2D eigenvalue weighted by atomic mass is 16.4. The quantitative estimate of drug-likeness (QED) is 0.0473. The lowest BCUT2D eigenvalue weighted by molar-refractivity contribution is -0.143. The molecule has 0 aromatic carbocycles. The van der Waals surface area contributed by atoms with Crippen molar-refractivity contribution in [3.05, 3.63) is 18.2 Å². The maximum Gasteiger partial charge on any atom is 0.326 e. The first kappa shape index (κ1) is 33.6. The molecule has 0 aliphatic rings. The van der Waals surface area contributed by atoms with Crippen LogP contribution in [0.3, 0.4) is 0 Å². The molecule has 1 rings (SSSR count). The summed E-state index contributed by atoms with van der Waals surface area (Å²) in [5.41, 5.74) is 27.8. The van der Waals surface area contributed by atoms with E-state index < -0.39 is 53.8 Å². The van der Waals surface area contributed by atoms with Gasteiger partial charge in [-0.15, -0.1) is 0 Å². The van der Waals surface area contributed by atoms with Crippen LogP contribution in [-0.4, -0.2) is 87.9 Å². The monoisotopic (exact) mass is 566 g/mol. The molecule has 1 aromatic heterocycles. The summed E-state index contributed by atoms with van der Waals surface area (Å²) in [6.45, 7) is 3.74. The van der Waals surface area contributed by atoms with Crippen LogP contribution in [-0.2, 0) is 25.6 Å². The number of amides is 3. The zero-order valence-electron chi connectivity index (χ0n) is 22.8. The molecule has 0 spiro atoms. The Bertz CT molecular complexity index is 1020. The number of nitrogens with one attached hydrogen (secondary N) is 4. The first-order valence-electron chi connectivity index (χ1n) is 12.8. The smallest absolute Gasteiger partial charge is 0.326 e. The van der Waals surface area contributed by atoms with Gasteiger partial charge in [0.2, 0.25) is 17.7 Å². The van der Waals surface area contributed by atoms with Crippen LogP contribution >= 0.6 is 0 Å². The van der Waals surface area contributed by atoms with E-state index in [1.807, 2.05) is 0 Å². The van der Waals surface area contributed by atoms with Crippen molar-refractivity contribution in [2.24, 2.45) is 44.6 Å². The molecule has 4 unspecified atom stereocenters. The molecule has 40 heavy (non-hydrogen) atoms. The third-order valence-electron chi connectivity index (χ3n) is 5.73. The van der Waals surface area contributed by atoms with Crippen molar-refractivity contribution in [3.8, 4) is 0 Å². The molecule has 0 aliphatic carbocycles. The van der Waals surface area contributed by atoms with Crippen molar-refractivity contribution in [1.82, 2.24) is 25.9 Å². The predicted molar refractivity (Wildman–Crippen MR) is 148 cm³/mol. The van der Waals surface area contributed by atoms with E-state index in [4.69, 9.17) is 28.7 Å². The molecule has 0 saturated heterocycles. The number of nitrogens with zero attached hydrogens (tertiary/aromatic N) is 3. The first-order valence-corrected chi connectivity index (χ1v) is 12.8. The highest BCUT2D eigenvalue weighted by Gasteiger charge is 2.31. The number of aromatic amines is 1. The van der Waals surface area contributed by atoms with Crippen LogP contribution in [0.1, 0.15) is 45.2 Å². The third-order valence-corrected chi connectivity index (χ3v) is 5.73. The first-order chi connectivity index (χ1) is 18.8. The second kappa shape index (κ2) is 17.2. The molecule has 0 radical (unpaired) electrons. The van der Waals surface area contributed by atoms with Gasteiger partial charge in [-0.1, -0.05) is 13.8 Å². The van der Waals surface area contributed by atoms with E-state index in [1.165, 1.54) is 12.5 Å². The molecular weight excluding hydrogens is 524 g/mol. The minimum atomic E-state index is -1.22. The highest BCUT2D eigenvalue weighted by molar-refractivity contribution is 5.94. The Morgan fingerprint density at radius 3 is 1.95 bits per heavy atom. The third kappa shape index (κ3) is 12.9. The molecule has 0 bridgehead atoms. The Morgan fingerprint density at radius 2 is 1.45 bits per heavy atom. The Hall–Kier alpha value is -4.41. The fraction of sp³-hybridized carbons (Fsp3) is 0.609. The molecule has 15 N–H and O–H groups in total. The molecule has 17 heteroatoms. The molecule has 1 heterocycles. The number of aliphatic carboxylic acids is 1. The summed E-state index contributed by atoms with van der Waals surface area (Å²) in [6.07, 6.45) is 4.00. The number of guanidine groups is 2. The van der Waals surface area contributed by atoms with Gasteiger partial charge >= 0.3 is 5.97 Å². The number of hydrogen-bond acceptors (Lipinski definition) is 8. The SMILES string of the molecule is CC(C)C(NC(=O)C(CCCN=C(N)N)NC(=O)C(Cc1cnc[nH]1)NC(=O)C(N)CCCN=C(N)N)C(=O)O. The summed E-state index contributed by atoms with van der Waals surface area (Å²) in [7, 11) is 0. The van der Waals surface area contributed by atoms with Crippen molar-refractivity contribution >= 4 is 35.6 Å². The van der Waals surface area contributed by atoms with Crippen molar-refractivity contribution in [1.29, 1.82) is 0 Å². The van der Waals surface area contributed by atoms with Gasteiger partial charge in [0.25, 0.3) is 0 Å². The topological polar surface area (TPSA) is 308 Å². The average Bonchev–Trinajstić information content (AvgIpc) is 3.38. The molecule has 224 valence electrons. The van der Waals surface area contributed by atoms with E-state index in [1.54, 1.807) is 13.8 Å². The summed E-state index contributed by atoms with van der Waals surface area (Å²) < 4.78 is 0. The summed E-state index contributed by atoms with van der Waals surface area (Å²) in [6, 6.07) is -4.41. The van der Waals surface area contributed by atoms with Gasteiger partial charge in [-0.05, 0) is 31.6 Å². The van der Waals surface area contributed by atoms with Gasteiger partial charge in [0, 0.05) is 31.4 Å². The second-order valence-electron chi connectivity index (χ2n) is 9.48. The second-order valence-corrected chi connectivity index (χ2v) is 9.48.